The molecule has 0 unspecified atom stereocenters. The van der Waals surface area contributed by atoms with Crippen LogP contribution in [-0.4, -0.2) is 30.1 Å². The molecule has 0 aliphatic rings. The second kappa shape index (κ2) is 10.2. The number of aromatic hydroxyl groups is 3. The molecule has 1 heterocycles. The monoisotopic (exact) mass is 478 g/mol. The van der Waals surface area contributed by atoms with Crippen LogP contribution >= 0.6 is 11.6 Å². The van der Waals surface area contributed by atoms with Gasteiger partial charge in [0, 0.05) is 24.2 Å². The van der Waals surface area contributed by atoms with Gasteiger partial charge in [0.1, 0.15) is 11.5 Å². The molecule has 0 saturated heterocycles. The van der Waals surface area contributed by atoms with Crippen molar-refractivity contribution in [1.82, 2.24) is 20.1 Å². The van der Waals surface area contributed by atoms with Crippen molar-refractivity contribution in [3.8, 4) is 28.9 Å². The zero-order valence-electron chi connectivity index (χ0n) is 19.0. The second-order valence-electron chi connectivity index (χ2n) is 8.54. The first-order valence-electron chi connectivity index (χ1n) is 11.0. The van der Waals surface area contributed by atoms with E-state index in [1.807, 2.05) is 62.4 Å². The van der Waals surface area contributed by atoms with E-state index in [0.717, 1.165) is 28.3 Å². The molecule has 34 heavy (non-hydrogen) atoms. The Morgan fingerprint density at radius 3 is 2.03 bits per heavy atom. The lowest BCUT2D eigenvalue weighted by Crippen LogP contribution is -2.12. The first kappa shape index (κ1) is 23.6. The Balaban J connectivity index is 1.47. The molecule has 0 fully saturated rings. The number of hydrogen-bond acceptors (Lipinski definition) is 6. The van der Waals surface area contributed by atoms with E-state index in [9.17, 15) is 15.3 Å². The van der Waals surface area contributed by atoms with Gasteiger partial charge >= 0.3 is 6.01 Å². The van der Waals surface area contributed by atoms with Crippen LogP contribution in [0.5, 0.6) is 17.5 Å². The number of halogens is 1. The number of benzene rings is 3. The van der Waals surface area contributed by atoms with Gasteiger partial charge in [-0.3, -0.25) is 4.57 Å². The molecule has 0 radical (unpaired) electrons. The number of phenols is 2. The Kier molecular flexibility index (Phi) is 7.05. The fourth-order valence-corrected chi connectivity index (χ4v) is 3.90. The minimum atomic E-state index is -0.248. The van der Waals surface area contributed by atoms with Gasteiger partial charge in [-0.05, 0) is 46.4 Å². The number of rotatable bonds is 8. The van der Waals surface area contributed by atoms with Crippen LogP contribution in [0.1, 0.15) is 42.0 Å². The number of nitrogens with one attached hydrogen (secondary N) is 1. The standard InChI is InChI=1S/C26H27ClN4O3/c1-16(2)21-11-22(24(33)12-23(21)32)25-29-30-26(34)31(25)15-19-5-3-17(4-6-19)13-28-14-18-7-9-20(27)10-8-18/h3-12,16,28,32-33H,13-15H2,1-2H3,(H,30,34). The highest BCUT2D eigenvalue weighted by Gasteiger charge is 2.20. The summed E-state index contributed by atoms with van der Waals surface area (Å²) in [5, 5.41) is 42.9. The van der Waals surface area contributed by atoms with Gasteiger partial charge in [-0.1, -0.05) is 66.9 Å². The Morgan fingerprint density at radius 1 is 0.824 bits per heavy atom. The van der Waals surface area contributed by atoms with Crippen LogP contribution in [0.3, 0.4) is 0 Å². The molecular weight excluding hydrogens is 452 g/mol. The zero-order chi connectivity index (χ0) is 24.2. The van der Waals surface area contributed by atoms with Gasteiger partial charge in [-0.2, -0.15) is 0 Å². The summed E-state index contributed by atoms with van der Waals surface area (Å²) in [6, 6.07) is 18.5. The molecule has 0 bridgehead atoms. The van der Waals surface area contributed by atoms with Crippen LogP contribution in [0, 0.1) is 0 Å². The van der Waals surface area contributed by atoms with E-state index in [4.69, 9.17) is 11.6 Å². The SMILES string of the molecule is CC(C)c1cc(-c2nnc(O)n2Cc2ccc(CNCc3ccc(Cl)cc3)cc2)c(O)cc1O. The molecule has 0 aliphatic heterocycles. The van der Waals surface area contributed by atoms with Crippen molar-refractivity contribution < 1.29 is 15.3 Å². The third-order valence-corrected chi connectivity index (χ3v) is 5.93. The van der Waals surface area contributed by atoms with Crippen molar-refractivity contribution in [2.24, 2.45) is 0 Å². The lowest BCUT2D eigenvalue weighted by atomic mass is 9.98. The Labute approximate surface area is 203 Å². The number of aromatic nitrogens is 3. The van der Waals surface area contributed by atoms with E-state index < -0.39 is 0 Å². The van der Waals surface area contributed by atoms with E-state index in [1.54, 1.807) is 6.07 Å². The molecule has 1 aromatic heterocycles. The smallest absolute Gasteiger partial charge is 0.315 e. The van der Waals surface area contributed by atoms with Crippen LogP contribution in [-0.2, 0) is 19.6 Å². The van der Waals surface area contributed by atoms with Crippen LogP contribution in [0.25, 0.3) is 11.4 Å². The third-order valence-electron chi connectivity index (χ3n) is 5.67. The number of phenolic OH excluding ortho intramolecular Hbond substituents is 2. The molecule has 176 valence electrons. The minimum absolute atomic E-state index is 0.0202. The summed E-state index contributed by atoms with van der Waals surface area (Å²) in [4.78, 5) is 0. The van der Waals surface area contributed by atoms with E-state index in [1.165, 1.54) is 10.6 Å². The van der Waals surface area contributed by atoms with E-state index in [0.29, 0.717) is 30.0 Å². The lowest BCUT2D eigenvalue weighted by Gasteiger charge is -2.14. The van der Waals surface area contributed by atoms with Crippen molar-refractivity contribution in [2.75, 3.05) is 0 Å². The Bertz CT molecular complexity index is 1270. The summed E-state index contributed by atoms with van der Waals surface area (Å²) in [5.74, 6) is 0.264. The van der Waals surface area contributed by atoms with Crippen LogP contribution < -0.4 is 5.32 Å². The maximum Gasteiger partial charge on any atom is 0.315 e. The first-order chi connectivity index (χ1) is 16.3. The highest BCUT2D eigenvalue weighted by Crippen LogP contribution is 2.38. The molecular formula is C26H27ClN4O3. The summed E-state index contributed by atoms with van der Waals surface area (Å²) in [6.45, 7) is 5.68. The largest absolute Gasteiger partial charge is 0.508 e. The van der Waals surface area contributed by atoms with Gasteiger partial charge in [-0.15, -0.1) is 5.10 Å². The Hall–Kier alpha value is -3.55. The molecule has 7 nitrogen and oxygen atoms in total. The van der Waals surface area contributed by atoms with E-state index in [-0.39, 0.29) is 23.4 Å². The zero-order valence-corrected chi connectivity index (χ0v) is 19.8. The maximum absolute atomic E-state index is 10.4. The average molecular weight is 479 g/mol. The van der Waals surface area contributed by atoms with Crippen LogP contribution in [0.15, 0.2) is 60.7 Å². The van der Waals surface area contributed by atoms with Crippen molar-refractivity contribution >= 4 is 11.6 Å². The third kappa shape index (κ3) is 5.32. The summed E-state index contributed by atoms with van der Waals surface area (Å²) >= 11 is 5.93. The molecule has 4 aromatic rings. The highest BCUT2D eigenvalue weighted by atomic mass is 35.5. The molecule has 8 heteroatoms. The maximum atomic E-state index is 10.4. The second-order valence-corrected chi connectivity index (χ2v) is 8.98. The molecule has 0 saturated carbocycles. The van der Waals surface area contributed by atoms with Gasteiger partial charge in [0.05, 0.1) is 12.1 Å². The predicted molar refractivity (Wildman–Crippen MR) is 132 cm³/mol. The minimum Gasteiger partial charge on any atom is -0.508 e. The number of hydrogen-bond donors (Lipinski definition) is 4. The molecule has 0 spiro atoms. The summed E-state index contributed by atoms with van der Waals surface area (Å²) < 4.78 is 1.53. The molecule has 4 N–H and O–H groups in total. The molecule has 3 aromatic carbocycles. The lowest BCUT2D eigenvalue weighted by molar-refractivity contribution is 0.404. The van der Waals surface area contributed by atoms with Crippen molar-refractivity contribution in [3.05, 3.63) is 87.9 Å². The summed E-state index contributed by atoms with van der Waals surface area (Å²) in [5.41, 5.74) is 4.31. The normalized spacial score (nSPS) is 11.3. The first-order valence-corrected chi connectivity index (χ1v) is 11.4. The highest BCUT2D eigenvalue weighted by molar-refractivity contribution is 6.30. The fraction of sp³-hybridized carbons (Fsp3) is 0.231. The number of nitrogens with zero attached hydrogens (tertiary/aromatic N) is 3. The van der Waals surface area contributed by atoms with Crippen molar-refractivity contribution in [1.29, 1.82) is 0 Å². The summed E-state index contributed by atoms with van der Waals surface area (Å²) in [6.07, 6.45) is 0. The Morgan fingerprint density at radius 2 is 1.41 bits per heavy atom. The average Bonchev–Trinajstić information content (AvgIpc) is 3.16. The van der Waals surface area contributed by atoms with E-state index in [2.05, 4.69) is 15.5 Å². The fourth-order valence-electron chi connectivity index (χ4n) is 3.77. The van der Waals surface area contributed by atoms with Crippen LogP contribution in [0.4, 0.5) is 0 Å². The van der Waals surface area contributed by atoms with E-state index >= 15 is 0 Å². The molecule has 0 amide bonds. The van der Waals surface area contributed by atoms with Crippen LogP contribution in [0.2, 0.25) is 5.02 Å². The molecule has 0 aliphatic carbocycles. The topological polar surface area (TPSA) is 103 Å². The summed E-state index contributed by atoms with van der Waals surface area (Å²) in [7, 11) is 0. The van der Waals surface area contributed by atoms with Gasteiger partial charge in [0.2, 0.25) is 0 Å². The molecule has 0 atom stereocenters. The van der Waals surface area contributed by atoms with Gasteiger partial charge < -0.3 is 20.6 Å². The quantitative estimate of drug-likeness (QED) is 0.278. The van der Waals surface area contributed by atoms with Gasteiger partial charge in [-0.25, -0.2) is 0 Å². The van der Waals surface area contributed by atoms with Gasteiger partial charge in [0.25, 0.3) is 0 Å². The van der Waals surface area contributed by atoms with Gasteiger partial charge in [0.15, 0.2) is 5.82 Å². The predicted octanol–water partition coefficient (Wildman–Crippen LogP) is 5.18. The molecule has 4 rings (SSSR count). The van der Waals surface area contributed by atoms with Crippen molar-refractivity contribution in [2.45, 2.75) is 39.4 Å². The van der Waals surface area contributed by atoms with Crippen molar-refractivity contribution in [3.63, 3.8) is 0 Å².